The lowest BCUT2D eigenvalue weighted by Crippen LogP contribution is -2.17. The van der Waals surface area contributed by atoms with Gasteiger partial charge < -0.3 is 0 Å². The van der Waals surface area contributed by atoms with Crippen molar-refractivity contribution in [3.8, 4) is 11.1 Å². The van der Waals surface area contributed by atoms with E-state index in [0.717, 1.165) is 16.8 Å². The average Bonchev–Trinajstić information content (AvgIpc) is 2.66. The number of aryl methyl sites for hydroxylation is 1. The second-order valence-electron chi connectivity index (χ2n) is 4.52. The van der Waals surface area contributed by atoms with Gasteiger partial charge in [-0.2, -0.15) is 31.4 Å². The smallest absolute Gasteiger partial charge is 0.263 e. The van der Waals surface area contributed by atoms with Crippen LogP contribution in [-0.4, -0.2) is 16.0 Å². The third kappa shape index (κ3) is 3.77. The molecule has 2 aromatic rings. The lowest BCUT2D eigenvalue weighted by atomic mass is 10.0. The van der Waals surface area contributed by atoms with Crippen LogP contribution in [-0.2, 0) is 12.7 Å². The maximum absolute atomic E-state index is 12.4. The summed E-state index contributed by atoms with van der Waals surface area (Å²) in [6, 6.07) is 4.20. The molecule has 1 heterocycles. The van der Waals surface area contributed by atoms with Crippen molar-refractivity contribution in [2.75, 3.05) is 0 Å². The van der Waals surface area contributed by atoms with E-state index in [1.165, 1.54) is 25.3 Å². The van der Waals surface area contributed by atoms with Gasteiger partial charge in [0.1, 0.15) is 6.54 Å². The van der Waals surface area contributed by atoms with Gasteiger partial charge in [-0.15, -0.1) is 0 Å². The molecule has 2 nitrogen and oxygen atoms in total. The van der Waals surface area contributed by atoms with Gasteiger partial charge in [0.2, 0.25) is 0 Å². The summed E-state index contributed by atoms with van der Waals surface area (Å²) in [6.45, 7) is 0.258. The van der Waals surface area contributed by atoms with E-state index in [0.29, 0.717) is 16.8 Å². The third-order valence-corrected chi connectivity index (χ3v) is 2.81. The first kappa shape index (κ1) is 15.4. The van der Waals surface area contributed by atoms with Crippen molar-refractivity contribution in [1.29, 1.82) is 0 Å². The maximum Gasteiger partial charge on any atom is 0.416 e. The zero-order valence-electron chi connectivity index (χ0n) is 10.8. The molecule has 0 N–H and O–H groups in total. The molecule has 0 saturated heterocycles. The standard InChI is InChI=1S/C13H10F6N2/c1-8-11(6-21(20-8)7-12(14,15)16)9-2-4-10(5-3-9)13(17,18)19/h2-6H,7H2,1H3. The Balaban J connectivity index is 2.30. The fourth-order valence-electron chi connectivity index (χ4n) is 1.90. The predicted octanol–water partition coefficient (Wildman–Crippen LogP) is 4.44. The molecule has 0 atom stereocenters. The zero-order valence-corrected chi connectivity index (χ0v) is 10.8. The Morgan fingerprint density at radius 2 is 1.57 bits per heavy atom. The lowest BCUT2D eigenvalue weighted by Gasteiger charge is -2.07. The molecule has 1 aromatic heterocycles. The van der Waals surface area contributed by atoms with Crippen molar-refractivity contribution in [1.82, 2.24) is 9.78 Å². The van der Waals surface area contributed by atoms with Gasteiger partial charge in [-0.1, -0.05) is 12.1 Å². The number of hydrogen-bond donors (Lipinski definition) is 0. The van der Waals surface area contributed by atoms with Crippen LogP contribution >= 0.6 is 0 Å². The number of halogens is 6. The molecule has 0 amide bonds. The van der Waals surface area contributed by atoms with E-state index >= 15 is 0 Å². The van der Waals surface area contributed by atoms with Crippen molar-refractivity contribution < 1.29 is 26.3 Å². The lowest BCUT2D eigenvalue weighted by molar-refractivity contribution is -0.142. The van der Waals surface area contributed by atoms with E-state index in [1.54, 1.807) is 0 Å². The summed E-state index contributed by atoms with van der Waals surface area (Å²) in [6.07, 6.45) is -7.69. The van der Waals surface area contributed by atoms with Crippen molar-refractivity contribution in [2.45, 2.75) is 25.8 Å². The molecule has 0 saturated carbocycles. The number of benzene rings is 1. The number of hydrogen-bond acceptors (Lipinski definition) is 1. The summed E-state index contributed by atoms with van der Waals surface area (Å²) in [5.41, 5.74) is 0.257. The molecule has 0 aliphatic carbocycles. The van der Waals surface area contributed by atoms with Crippen LogP contribution in [0.15, 0.2) is 30.5 Å². The fraction of sp³-hybridized carbons (Fsp3) is 0.308. The highest BCUT2D eigenvalue weighted by molar-refractivity contribution is 5.65. The van der Waals surface area contributed by atoms with Gasteiger partial charge in [-0.3, -0.25) is 4.68 Å². The van der Waals surface area contributed by atoms with Crippen LogP contribution < -0.4 is 0 Å². The summed E-state index contributed by atoms with van der Waals surface area (Å²) in [4.78, 5) is 0. The van der Waals surface area contributed by atoms with E-state index in [9.17, 15) is 26.3 Å². The molecule has 21 heavy (non-hydrogen) atoms. The van der Waals surface area contributed by atoms with Crippen LogP contribution in [0.3, 0.4) is 0 Å². The van der Waals surface area contributed by atoms with Crippen LogP contribution in [0.2, 0.25) is 0 Å². The first-order valence-electron chi connectivity index (χ1n) is 5.85. The number of rotatable bonds is 2. The number of aromatic nitrogens is 2. The Kier molecular flexibility index (Phi) is 3.73. The fourth-order valence-corrected chi connectivity index (χ4v) is 1.90. The van der Waals surface area contributed by atoms with Gasteiger partial charge in [0, 0.05) is 11.8 Å². The molecule has 0 fully saturated rings. The minimum Gasteiger partial charge on any atom is -0.263 e. The first-order valence-corrected chi connectivity index (χ1v) is 5.85. The summed E-state index contributed by atoms with van der Waals surface area (Å²) >= 11 is 0. The Bertz CT molecular complexity index is 622. The van der Waals surface area contributed by atoms with E-state index < -0.39 is 24.5 Å². The number of alkyl halides is 6. The molecule has 0 spiro atoms. The van der Waals surface area contributed by atoms with Crippen LogP contribution in [0, 0.1) is 6.92 Å². The van der Waals surface area contributed by atoms with E-state index in [-0.39, 0.29) is 0 Å². The SMILES string of the molecule is Cc1nn(CC(F)(F)F)cc1-c1ccc(C(F)(F)F)cc1. The molecule has 0 aliphatic rings. The van der Waals surface area contributed by atoms with Crippen molar-refractivity contribution in [3.05, 3.63) is 41.7 Å². The highest BCUT2D eigenvalue weighted by atomic mass is 19.4. The molecule has 0 unspecified atom stereocenters. The molecule has 1 aromatic carbocycles. The summed E-state index contributed by atoms with van der Waals surface area (Å²) in [7, 11) is 0. The van der Waals surface area contributed by atoms with E-state index in [2.05, 4.69) is 5.10 Å². The quantitative estimate of drug-likeness (QED) is 0.750. The zero-order chi connectivity index (χ0) is 15.8. The van der Waals surface area contributed by atoms with Gasteiger partial charge in [0.15, 0.2) is 0 Å². The largest absolute Gasteiger partial charge is 0.416 e. The minimum atomic E-state index is -4.45. The van der Waals surface area contributed by atoms with Crippen LogP contribution in [0.25, 0.3) is 11.1 Å². The number of nitrogens with zero attached hydrogens (tertiary/aromatic N) is 2. The summed E-state index contributed by atoms with van der Waals surface area (Å²) < 4.78 is 74.9. The third-order valence-electron chi connectivity index (χ3n) is 2.81. The minimum absolute atomic E-state index is 0.319. The van der Waals surface area contributed by atoms with Gasteiger partial charge in [0.05, 0.1) is 11.3 Å². The van der Waals surface area contributed by atoms with Crippen LogP contribution in [0.1, 0.15) is 11.3 Å². The van der Waals surface area contributed by atoms with Gasteiger partial charge >= 0.3 is 12.4 Å². The Morgan fingerprint density at radius 1 is 1.00 bits per heavy atom. The molecule has 8 heteroatoms. The Morgan fingerprint density at radius 3 is 2.05 bits per heavy atom. The molecule has 0 radical (unpaired) electrons. The maximum atomic E-state index is 12.4. The predicted molar refractivity (Wildman–Crippen MR) is 63.5 cm³/mol. The topological polar surface area (TPSA) is 17.8 Å². The van der Waals surface area contributed by atoms with Crippen LogP contribution in [0.4, 0.5) is 26.3 Å². The van der Waals surface area contributed by atoms with E-state index in [4.69, 9.17) is 0 Å². The summed E-state index contributed by atoms with van der Waals surface area (Å²) in [5.74, 6) is 0. The second kappa shape index (κ2) is 5.09. The molecular formula is C13H10F6N2. The Hall–Kier alpha value is -1.99. The van der Waals surface area contributed by atoms with Gasteiger partial charge in [-0.25, -0.2) is 0 Å². The Labute approximate surface area is 116 Å². The summed E-state index contributed by atoms with van der Waals surface area (Å²) in [5, 5.41) is 3.72. The highest BCUT2D eigenvalue weighted by Gasteiger charge is 2.30. The highest BCUT2D eigenvalue weighted by Crippen LogP contribution is 2.31. The molecule has 2 rings (SSSR count). The molecule has 114 valence electrons. The van der Waals surface area contributed by atoms with Crippen LogP contribution in [0.5, 0.6) is 0 Å². The molecular weight excluding hydrogens is 298 g/mol. The van der Waals surface area contributed by atoms with E-state index in [1.807, 2.05) is 0 Å². The van der Waals surface area contributed by atoms with Crippen molar-refractivity contribution in [3.63, 3.8) is 0 Å². The monoisotopic (exact) mass is 308 g/mol. The van der Waals surface area contributed by atoms with Gasteiger partial charge in [0.25, 0.3) is 0 Å². The van der Waals surface area contributed by atoms with Crippen molar-refractivity contribution >= 4 is 0 Å². The molecule has 0 bridgehead atoms. The van der Waals surface area contributed by atoms with Crippen molar-refractivity contribution in [2.24, 2.45) is 0 Å². The average molecular weight is 308 g/mol. The first-order chi connectivity index (χ1) is 9.56. The second-order valence-corrected chi connectivity index (χ2v) is 4.52. The molecule has 0 aliphatic heterocycles. The normalized spacial score (nSPS) is 12.7. The van der Waals surface area contributed by atoms with Gasteiger partial charge in [-0.05, 0) is 24.6 Å².